The molecule has 4 rings (SSSR count). The van der Waals surface area contributed by atoms with Gasteiger partial charge in [-0.25, -0.2) is 0 Å². The second-order valence-corrected chi connectivity index (χ2v) is 9.29. The topological polar surface area (TPSA) is 37.4 Å². The van der Waals surface area contributed by atoms with Crippen LogP contribution in [0.2, 0.25) is 0 Å². The van der Waals surface area contributed by atoms with Crippen molar-refractivity contribution in [1.82, 2.24) is 20.0 Å². The van der Waals surface area contributed by atoms with E-state index in [2.05, 4.69) is 67.3 Å². The second kappa shape index (κ2) is 11.7. The molecule has 0 aromatic heterocycles. The third kappa shape index (κ3) is 6.05. The van der Waals surface area contributed by atoms with Crippen molar-refractivity contribution in [3.8, 4) is 0 Å². The van der Waals surface area contributed by atoms with Crippen LogP contribution in [-0.2, 0) is 0 Å². The van der Waals surface area contributed by atoms with Crippen molar-refractivity contribution in [2.45, 2.75) is 37.6 Å². The lowest BCUT2D eigenvalue weighted by molar-refractivity contribution is 0.0169. The highest BCUT2D eigenvalue weighted by Crippen LogP contribution is 2.31. The molecule has 0 saturated carbocycles. The summed E-state index contributed by atoms with van der Waals surface area (Å²) < 4.78 is 0. The number of rotatable bonds is 4. The predicted molar refractivity (Wildman–Crippen MR) is 142 cm³/mol. The minimum atomic E-state index is 0. The van der Waals surface area contributed by atoms with Crippen LogP contribution in [0, 0.1) is 0 Å². The molecule has 3 aliphatic heterocycles. The van der Waals surface area contributed by atoms with E-state index in [-0.39, 0.29) is 29.5 Å². The fraction of sp³-hybridized carbons (Fsp3) is 0.708. The highest BCUT2D eigenvalue weighted by atomic mass is 127. The number of piperazine rings is 1. The van der Waals surface area contributed by atoms with Gasteiger partial charge in [0.15, 0.2) is 5.96 Å². The lowest BCUT2D eigenvalue weighted by Crippen LogP contribution is -2.63. The second-order valence-electron chi connectivity index (χ2n) is 9.29. The maximum Gasteiger partial charge on any atom is 0.193 e. The van der Waals surface area contributed by atoms with Gasteiger partial charge in [0.05, 0.1) is 0 Å². The van der Waals surface area contributed by atoms with E-state index in [0.29, 0.717) is 0 Å². The van der Waals surface area contributed by atoms with Gasteiger partial charge in [-0.15, -0.1) is 24.0 Å². The van der Waals surface area contributed by atoms with Crippen molar-refractivity contribution < 1.29 is 0 Å². The zero-order valence-electron chi connectivity index (χ0n) is 19.4. The third-order valence-corrected chi connectivity index (χ3v) is 7.43. The number of para-hydroxylation sites is 1. The van der Waals surface area contributed by atoms with Crippen molar-refractivity contribution in [3.63, 3.8) is 0 Å². The first-order valence-corrected chi connectivity index (χ1v) is 11.9. The molecule has 7 heteroatoms. The Morgan fingerprint density at radius 1 is 0.903 bits per heavy atom. The van der Waals surface area contributed by atoms with E-state index in [0.717, 1.165) is 38.7 Å². The molecule has 31 heavy (non-hydrogen) atoms. The zero-order valence-corrected chi connectivity index (χ0v) is 21.8. The van der Waals surface area contributed by atoms with Gasteiger partial charge in [0.1, 0.15) is 0 Å². The predicted octanol–water partition coefficient (Wildman–Crippen LogP) is 2.95. The molecule has 1 aromatic rings. The number of piperidine rings is 2. The summed E-state index contributed by atoms with van der Waals surface area (Å²) in [6, 6.07) is 10.8. The fourth-order valence-electron chi connectivity index (χ4n) is 5.40. The highest BCUT2D eigenvalue weighted by molar-refractivity contribution is 14.0. The number of nitrogens with one attached hydrogen (secondary N) is 1. The normalized spacial score (nSPS) is 23.4. The van der Waals surface area contributed by atoms with Gasteiger partial charge in [0, 0.05) is 51.0 Å². The first-order chi connectivity index (χ1) is 14.7. The Bertz CT molecular complexity index is 675. The molecule has 3 saturated heterocycles. The van der Waals surface area contributed by atoms with E-state index >= 15 is 0 Å². The van der Waals surface area contributed by atoms with Crippen molar-refractivity contribution in [1.29, 1.82) is 0 Å². The van der Waals surface area contributed by atoms with Crippen LogP contribution in [0.3, 0.4) is 0 Å². The molecule has 6 nitrogen and oxygen atoms in total. The molecule has 0 atom stereocenters. The van der Waals surface area contributed by atoms with E-state index in [4.69, 9.17) is 0 Å². The van der Waals surface area contributed by atoms with E-state index in [1.54, 1.807) is 0 Å². The minimum Gasteiger partial charge on any atom is -0.368 e. The van der Waals surface area contributed by atoms with Crippen molar-refractivity contribution in [3.05, 3.63) is 30.3 Å². The van der Waals surface area contributed by atoms with Gasteiger partial charge in [-0.1, -0.05) is 24.6 Å². The van der Waals surface area contributed by atoms with Crippen LogP contribution in [-0.4, -0.2) is 99.2 Å². The largest absolute Gasteiger partial charge is 0.368 e. The number of halogens is 1. The summed E-state index contributed by atoms with van der Waals surface area (Å²) in [6.45, 7) is 10.1. The molecule has 0 bridgehead atoms. The summed E-state index contributed by atoms with van der Waals surface area (Å²) in [5.41, 5.74) is 1.62. The van der Waals surface area contributed by atoms with Gasteiger partial charge < -0.3 is 20.0 Å². The van der Waals surface area contributed by atoms with Gasteiger partial charge in [-0.05, 0) is 71.0 Å². The van der Waals surface area contributed by atoms with E-state index in [9.17, 15) is 0 Å². The molecule has 0 aliphatic carbocycles. The molecule has 3 heterocycles. The number of guanidine groups is 1. The summed E-state index contributed by atoms with van der Waals surface area (Å²) in [6.07, 6.45) is 6.62. The SMILES string of the molecule is CN=C(NCC1(N2CCCCC2)CCN(C)CC1)N1CCN(c2ccccc2)CC1.I. The van der Waals surface area contributed by atoms with Crippen molar-refractivity contribution >= 4 is 35.6 Å². The van der Waals surface area contributed by atoms with Gasteiger partial charge in [-0.3, -0.25) is 9.89 Å². The molecular formula is C24H41IN6. The molecule has 0 amide bonds. The Morgan fingerprint density at radius 3 is 2.16 bits per heavy atom. The van der Waals surface area contributed by atoms with E-state index in [1.807, 2.05) is 7.05 Å². The van der Waals surface area contributed by atoms with Crippen LogP contribution in [0.4, 0.5) is 5.69 Å². The summed E-state index contributed by atoms with van der Waals surface area (Å²) in [5.74, 6) is 1.08. The summed E-state index contributed by atoms with van der Waals surface area (Å²) >= 11 is 0. The van der Waals surface area contributed by atoms with Crippen LogP contribution in [0.25, 0.3) is 0 Å². The number of hydrogen-bond donors (Lipinski definition) is 1. The maximum atomic E-state index is 4.67. The quantitative estimate of drug-likeness (QED) is 0.361. The molecule has 1 N–H and O–H groups in total. The van der Waals surface area contributed by atoms with Gasteiger partial charge in [-0.2, -0.15) is 0 Å². The maximum absolute atomic E-state index is 4.67. The van der Waals surface area contributed by atoms with Crippen LogP contribution in [0.15, 0.2) is 35.3 Å². The Hall–Kier alpha value is -1.06. The molecule has 0 unspecified atom stereocenters. The first-order valence-electron chi connectivity index (χ1n) is 11.9. The lowest BCUT2D eigenvalue weighted by atomic mass is 9.84. The van der Waals surface area contributed by atoms with E-state index in [1.165, 1.54) is 64.0 Å². The minimum absolute atomic E-state index is 0. The zero-order chi connectivity index (χ0) is 20.8. The van der Waals surface area contributed by atoms with Gasteiger partial charge in [0.2, 0.25) is 0 Å². The summed E-state index contributed by atoms with van der Waals surface area (Å²) in [5, 5.41) is 3.81. The number of likely N-dealkylation sites (tertiary alicyclic amines) is 2. The van der Waals surface area contributed by atoms with Crippen molar-refractivity contribution in [2.75, 3.05) is 77.9 Å². The Kier molecular flexibility index (Phi) is 9.28. The number of aliphatic imine (C=N–C) groups is 1. The smallest absolute Gasteiger partial charge is 0.193 e. The number of benzene rings is 1. The van der Waals surface area contributed by atoms with Crippen LogP contribution in [0.5, 0.6) is 0 Å². The monoisotopic (exact) mass is 540 g/mol. The van der Waals surface area contributed by atoms with Crippen LogP contribution >= 0.6 is 24.0 Å². The molecule has 174 valence electrons. The van der Waals surface area contributed by atoms with E-state index < -0.39 is 0 Å². The average Bonchev–Trinajstić information content (AvgIpc) is 2.82. The van der Waals surface area contributed by atoms with Crippen LogP contribution < -0.4 is 10.2 Å². The molecule has 0 radical (unpaired) electrons. The average molecular weight is 541 g/mol. The molecule has 0 spiro atoms. The molecule has 3 aliphatic rings. The number of anilines is 1. The molecule has 3 fully saturated rings. The Balaban J connectivity index is 0.00000272. The van der Waals surface area contributed by atoms with Crippen molar-refractivity contribution in [2.24, 2.45) is 4.99 Å². The van der Waals surface area contributed by atoms with Crippen LogP contribution in [0.1, 0.15) is 32.1 Å². The molecule has 1 aromatic carbocycles. The summed E-state index contributed by atoms with van der Waals surface area (Å²) in [4.78, 5) is 14.9. The molecular weight excluding hydrogens is 499 g/mol. The standard InChI is InChI=1S/C24H40N6.HI/c1-25-23(29-19-17-28(18-20-29)22-9-5-3-6-10-22)26-21-24(11-15-27(2)16-12-24)30-13-7-4-8-14-30;/h3,5-6,9-10H,4,7-8,11-21H2,1-2H3,(H,25,26);1H. The van der Waals surface area contributed by atoms with Gasteiger partial charge >= 0.3 is 0 Å². The van der Waals surface area contributed by atoms with Gasteiger partial charge in [0.25, 0.3) is 0 Å². The fourth-order valence-corrected chi connectivity index (χ4v) is 5.40. The third-order valence-electron chi connectivity index (χ3n) is 7.43. The highest BCUT2D eigenvalue weighted by Gasteiger charge is 2.40. The Labute approximate surface area is 206 Å². The first kappa shape index (κ1) is 24.6. The summed E-state index contributed by atoms with van der Waals surface area (Å²) in [7, 11) is 4.20. The lowest BCUT2D eigenvalue weighted by Gasteiger charge is -2.50. The number of hydrogen-bond acceptors (Lipinski definition) is 4. The number of nitrogens with zero attached hydrogens (tertiary/aromatic N) is 5. The Morgan fingerprint density at radius 2 is 1.55 bits per heavy atom.